The molecule has 0 unspecified atom stereocenters. The van der Waals surface area contributed by atoms with Gasteiger partial charge in [0.2, 0.25) is 0 Å². The molecule has 2 fully saturated rings. The number of rotatable bonds is 3. The number of hydrogen-bond acceptors (Lipinski definition) is 3. The number of piperidine rings is 1. The van der Waals surface area contributed by atoms with Gasteiger partial charge in [0.05, 0.1) is 10.4 Å². The maximum atomic E-state index is 4.74. The van der Waals surface area contributed by atoms with E-state index in [2.05, 4.69) is 29.2 Å². The number of likely N-dealkylation sites (tertiary alicyclic amines) is 1. The Balaban J connectivity index is 0.00000121. The minimum Gasteiger partial charge on any atom is -0.303 e. The number of nitrogens with zero attached hydrogens (tertiary/aromatic N) is 2. The van der Waals surface area contributed by atoms with Crippen LogP contribution in [-0.2, 0) is 0 Å². The molecular formula is C16H21BrN2S. The van der Waals surface area contributed by atoms with Gasteiger partial charge in [-0.05, 0) is 62.3 Å². The van der Waals surface area contributed by atoms with Gasteiger partial charge in [0.15, 0.2) is 0 Å². The summed E-state index contributed by atoms with van der Waals surface area (Å²) in [6.45, 7) is 3.89. The molecular weight excluding hydrogens is 332 g/mol. The van der Waals surface area contributed by atoms with Crippen molar-refractivity contribution >= 4 is 38.6 Å². The van der Waals surface area contributed by atoms with E-state index in [1.165, 1.54) is 61.1 Å². The first kappa shape index (κ1) is 14.5. The molecule has 108 valence electrons. The van der Waals surface area contributed by atoms with Gasteiger partial charge in [-0.2, -0.15) is 4.37 Å². The molecule has 2 nitrogen and oxygen atoms in total. The van der Waals surface area contributed by atoms with Crippen molar-refractivity contribution in [2.45, 2.75) is 31.6 Å². The SMILES string of the molecule is Br.c1ccc2c(C3CCN(CC4CC4)CC3)nsc2c1. The maximum Gasteiger partial charge on any atom is 0.0652 e. The lowest BCUT2D eigenvalue weighted by Crippen LogP contribution is -2.34. The molecule has 0 atom stereocenters. The average Bonchev–Trinajstić information content (AvgIpc) is 3.16. The van der Waals surface area contributed by atoms with Crippen LogP contribution in [0.1, 0.15) is 37.3 Å². The minimum atomic E-state index is 0. The van der Waals surface area contributed by atoms with E-state index in [0.717, 1.165) is 5.92 Å². The topological polar surface area (TPSA) is 16.1 Å². The van der Waals surface area contributed by atoms with Crippen molar-refractivity contribution < 1.29 is 0 Å². The van der Waals surface area contributed by atoms with Gasteiger partial charge in [-0.1, -0.05) is 18.2 Å². The smallest absolute Gasteiger partial charge is 0.0652 e. The molecule has 1 aromatic carbocycles. The normalized spacial score (nSPS) is 21.0. The number of halogens is 1. The lowest BCUT2D eigenvalue weighted by Gasteiger charge is -2.31. The van der Waals surface area contributed by atoms with Gasteiger partial charge in [-0.3, -0.25) is 0 Å². The van der Waals surface area contributed by atoms with Crippen molar-refractivity contribution in [3.8, 4) is 0 Å². The van der Waals surface area contributed by atoms with Crippen LogP contribution in [0.3, 0.4) is 0 Å². The standard InChI is InChI=1S/C16H20N2S.BrH/c1-2-4-15-14(3-1)16(17-19-15)13-7-9-18(10-8-13)11-12-5-6-12;/h1-4,12-13H,5-11H2;1H. The number of aromatic nitrogens is 1. The fourth-order valence-corrected chi connectivity index (χ4v) is 4.11. The van der Waals surface area contributed by atoms with Crippen LogP contribution >= 0.6 is 28.5 Å². The molecule has 1 saturated heterocycles. The highest BCUT2D eigenvalue weighted by molar-refractivity contribution is 8.93. The summed E-state index contributed by atoms with van der Waals surface area (Å²) in [5.41, 5.74) is 1.37. The summed E-state index contributed by atoms with van der Waals surface area (Å²) in [6.07, 6.45) is 5.52. The first-order valence-electron chi connectivity index (χ1n) is 7.47. The summed E-state index contributed by atoms with van der Waals surface area (Å²) in [6, 6.07) is 8.69. The monoisotopic (exact) mass is 352 g/mol. The van der Waals surface area contributed by atoms with E-state index in [-0.39, 0.29) is 17.0 Å². The van der Waals surface area contributed by atoms with Crippen LogP contribution < -0.4 is 0 Å². The largest absolute Gasteiger partial charge is 0.303 e. The van der Waals surface area contributed by atoms with Gasteiger partial charge >= 0.3 is 0 Å². The fourth-order valence-electron chi connectivity index (χ4n) is 3.25. The van der Waals surface area contributed by atoms with Crippen molar-refractivity contribution in [3.05, 3.63) is 30.0 Å². The van der Waals surface area contributed by atoms with E-state index in [1.807, 2.05) is 0 Å². The third-order valence-corrected chi connectivity index (χ3v) is 5.43. The van der Waals surface area contributed by atoms with Crippen LogP contribution in [-0.4, -0.2) is 28.9 Å². The highest BCUT2D eigenvalue weighted by Crippen LogP contribution is 2.36. The molecule has 4 rings (SSSR count). The second kappa shape index (κ2) is 6.12. The lowest BCUT2D eigenvalue weighted by atomic mass is 9.91. The van der Waals surface area contributed by atoms with E-state index < -0.39 is 0 Å². The summed E-state index contributed by atoms with van der Waals surface area (Å²) in [5, 5.41) is 1.40. The Labute approximate surface area is 135 Å². The zero-order valence-corrected chi connectivity index (χ0v) is 14.2. The molecule has 0 amide bonds. The molecule has 2 heterocycles. The molecule has 2 aliphatic rings. The third kappa shape index (κ3) is 2.92. The van der Waals surface area contributed by atoms with E-state index in [0.29, 0.717) is 5.92 Å². The molecule has 1 aliphatic heterocycles. The molecule has 1 aliphatic carbocycles. The van der Waals surface area contributed by atoms with Crippen LogP contribution in [0.5, 0.6) is 0 Å². The van der Waals surface area contributed by atoms with E-state index >= 15 is 0 Å². The number of hydrogen-bond donors (Lipinski definition) is 0. The third-order valence-electron chi connectivity index (χ3n) is 4.59. The molecule has 0 radical (unpaired) electrons. The van der Waals surface area contributed by atoms with Crippen LogP contribution in [0, 0.1) is 5.92 Å². The Morgan fingerprint density at radius 3 is 2.60 bits per heavy atom. The van der Waals surface area contributed by atoms with Crippen molar-refractivity contribution in [1.29, 1.82) is 0 Å². The predicted octanol–water partition coefficient (Wildman–Crippen LogP) is 4.46. The second-order valence-corrected chi connectivity index (χ2v) is 6.89. The molecule has 0 spiro atoms. The van der Waals surface area contributed by atoms with E-state index in [4.69, 9.17) is 4.37 Å². The van der Waals surface area contributed by atoms with E-state index in [1.54, 1.807) is 11.5 Å². The van der Waals surface area contributed by atoms with Crippen molar-refractivity contribution in [2.75, 3.05) is 19.6 Å². The summed E-state index contributed by atoms with van der Waals surface area (Å²) in [5.74, 6) is 1.71. The molecule has 20 heavy (non-hydrogen) atoms. The Bertz CT molecular complexity index is 571. The van der Waals surface area contributed by atoms with Gasteiger partial charge in [-0.15, -0.1) is 17.0 Å². The molecule has 4 heteroatoms. The zero-order valence-electron chi connectivity index (χ0n) is 11.6. The van der Waals surface area contributed by atoms with Crippen LogP contribution in [0.4, 0.5) is 0 Å². The second-order valence-electron chi connectivity index (χ2n) is 6.08. The highest BCUT2D eigenvalue weighted by Gasteiger charge is 2.28. The van der Waals surface area contributed by atoms with Gasteiger partial charge in [-0.25, -0.2) is 0 Å². The zero-order chi connectivity index (χ0) is 12.7. The lowest BCUT2D eigenvalue weighted by molar-refractivity contribution is 0.204. The average molecular weight is 353 g/mol. The van der Waals surface area contributed by atoms with Gasteiger partial charge in [0, 0.05) is 17.8 Å². The summed E-state index contributed by atoms with van der Waals surface area (Å²) < 4.78 is 6.09. The maximum absolute atomic E-state index is 4.74. The Morgan fingerprint density at radius 1 is 1.10 bits per heavy atom. The molecule has 0 bridgehead atoms. The summed E-state index contributed by atoms with van der Waals surface area (Å²) >= 11 is 1.67. The van der Waals surface area contributed by atoms with Crippen LogP contribution in [0.25, 0.3) is 10.1 Å². The molecule has 0 N–H and O–H groups in total. The molecule has 1 saturated carbocycles. The first-order valence-corrected chi connectivity index (χ1v) is 8.24. The summed E-state index contributed by atoms with van der Waals surface area (Å²) in [7, 11) is 0. The van der Waals surface area contributed by atoms with E-state index in [9.17, 15) is 0 Å². The number of benzene rings is 1. The van der Waals surface area contributed by atoms with Crippen LogP contribution in [0.2, 0.25) is 0 Å². The van der Waals surface area contributed by atoms with Crippen LogP contribution in [0.15, 0.2) is 24.3 Å². The first-order chi connectivity index (χ1) is 9.40. The fraction of sp³-hybridized carbons (Fsp3) is 0.562. The minimum absolute atomic E-state index is 0. The highest BCUT2D eigenvalue weighted by atomic mass is 79.9. The Kier molecular flexibility index (Phi) is 4.43. The van der Waals surface area contributed by atoms with Crippen molar-refractivity contribution in [3.63, 3.8) is 0 Å². The molecule has 2 aromatic rings. The summed E-state index contributed by atoms with van der Waals surface area (Å²) in [4.78, 5) is 2.67. The number of fused-ring (bicyclic) bond motifs is 1. The quantitative estimate of drug-likeness (QED) is 0.810. The Morgan fingerprint density at radius 2 is 1.85 bits per heavy atom. The van der Waals surface area contributed by atoms with Crippen molar-refractivity contribution in [2.24, 2.45) is 5.92 Å². The van der Waals surface area contributed by atoms with Gasteiger partial charge in [0.25, 0.3) is 0 Å². The predicted molar refractivity (Wildman–Crippen MR) is 91.1 cm³/mol. The Hall–Kier alpha value is -0.450. The van der Waals surface area contributed by atoms with Gasteiger partial charge in [0.1, 0.15) is 0 Å². The molecule has 1 aromatic heterocycles. The van der Waals surface area contributed by atoms with Gasteiger partial charge < -0.3 is 4.90 Å². The van der Waals surface area contributed by atoms with Crippen molar-refractivity contribution in [1.82, 2.24) is 9.27 Å².